The van der Waals surface area contributed by atoms with Gasteiger partial charge in [0.1, 0.15) is 0 Å². The fourth-order valence-corrected chi connectivity index (χ4v) is 4.18. The summed E-state index contributed by atoms with van der Waals surface area (Å²) in [5.41, 5.74) is 1.23. The average molecular weight is 418 g/mol. The summed E-state index contributed by atoms with van der Waals surface area (Å²) < 4.78 is 1.03. The van der Waals surface area contributed by atoms with Crippen molar-refractivity contribution in [1.82, 2.24) is 4.98 Å². The predicted molar refractivity (Wildman–Crippen MR) is 114 cm³/mol. The molecule has 7 nitrogen and oxygen atoms in total. The number of amides is 1. The van der Waals surface area contributed by atoms with Gasteiger partial charge in [0.15, 0.2) is 5.13 Å². The Hall–Kier alpha value is -2.49. The number of hydrogen-bond acceptors (Lipinski definition) is 6. The van der Waals surface area contributed by atoms with E-state index in [2.05, 4.69) is 11.1 Å². The number of thiazole rings is 1. The third-order valence-corrected chi connectivity index (χ3v) is 5.99. The van der Waals surface area contributed by atoms with Gasteiger partial charge in [0.25, 0.3) is 11.6 Å². The first-order valence-electron chi connectivity index (χ1n) is 8.69. The Morgan fingerprint density at radius 3 is 2.57 bits per heavy atom. The molecular formula is C19H21N4O3S2+. The van der Waals surface area contributed by atoms with Crippen molar-refractivity contribution in [2.24, 2.45) is 0 Å². The second kappa shape index (κ2) is 8.68. The number of nitrogens with zero attached hydrogens (tertiary/aromatic N) is 3. The number of fused-ring (bicyclic) bond motifs is 1. The van der Waals surface area contributed by atoms with Gasteiger partial charge in [0.2, 0.25) is 0 Å². The van der Waals surface area contributed by atoms with Gasteiger partial charge in [-0.25, -0.2) is 4.98 Å². The van der Waals surface area contributed by atoms with Crippen molar-refractivity contribution in [3.05, 3.63) is 58.1 Å². The van der Waals surface area contributed by atoms with E-state index in [1.54, 1.807) is 16.7 Å². The summed E-state index contributed by atoms with van der Waals surface area (Å²) in [4.78, 5) is 32.2. The SMILES string of the molecule is CSc1ccc2nc(N(CC[NH+](C)C)C(=O)c3ccc([N+](=O)[O-])cc3)sc2c1. The van der Waals surface area contributed by atoms with Gasteiger partial charge in [-0.15, -0.1) is 11.8 Å². The van der Waals surface area contributed by atoms with E-state index < -0.39 is 4.92 Å². The summed E-state index contributed by atoms with van der Waals surface area (Å²) in [5.74, 6) is -0.208. The Bertz CT molecular complexity index is 1000. The maximum Gasteiger partial charge on any atom is 0.269 e. The molecule has 0 saturated heterocycles. The summed E-state index contributed by atoms with van der Waals surface area (Å²) in [5, 5.41) is 11.5. The molecule has 0 radical (unpaired) electrons. The van der Waals surface area contributed by atoms with Gasteiger partial charge in [0.05, 0.1) is 42.3 Å². The minimum Gasteiger partial charge on any atom is -0.338 e. The van der Waals surface area contributed by atoms with Crippen molar-refractivity contribution >= 4 is 50.0 Å². The molecule has 0 saturated carbocycles. The number of anilines is 1. The van der Waals surface area contributed by atoms with Gasteiger partial charge in [-0.2, -0.15) is 0 Å². The van der Waals surface area contributed by atoms with Gasteiger partial charge in [-0.1, -0.05) is 11.3 Å². The molecule has 1 amide bonds. The second-order valence-electron chi connectivity index (χ2n) is 6.55. The first-order valence-corrected chi connectivity index (χ1v) is 10.7. The number of likely N-dealkylation sites (N-methyl/N-ethyl adjacent to an activating group) is 1. The highest BCUT2D eigenvalue weighted by atomic mass is 32.2. The first-order chi connectivity index (χ1) is 13.4. The number of nitrogens with one attached hydrogen (secondary N) is 1. The van der Waals surface area contributed by atoms with Crippen molar-refractivity contribution in [1.29, 1.82) is 0 Å². The van der Waals surface area contributed by atoms with Gasteiger partial charge >= 0.3 is 0 Å². The molecule has 0 aliphatic rings. The third-order valence-electron chi connectivity index (χ3n) is 4.22. The predicted octanol–water partition coefficient (Wildman–Crippen LogP) is 2.72. The molecule has 0 unspecified atom stereocenters. The standard InChI is InChI=1S/C19H20N4O3S2/c1-21(2)10-11-22(18(24)13-4-6-14(7-5-13)23(25)26)19-20-16-9-8-15(27-3)12-17(16)28-19/h4-9,12H,10-11H2,1-3H3/p+1. The van der Waals surface area contributed by atoms with E-state index in [4.69, 9.17) is 0 Å². The number of carbonyl (C=O) groups is 1. The van der Waals surface area contributed by atoms with Crippen LogP contribution in [0.5, 0.6) is 0 Å². The molecule has 1 N–H and O–H groups in total. The lowest BCUT2D eigenvalue weighted by atomic mass is 10.2. The number of quaternary nitrogens is 1. The number of thioether (sulfide) groups is 1. The maximum atomic E-state index is 13.1. The molecule has 0 atom stereocenters. The Morgan fingerprint density at radius 1 is 1.25 bits per heavy atom. The Morgan fingerprint density at radius 2 is 1.96 bits per heavy atom. The smallest absolute Gasteiger partial charge is 0.269 e. The molecule has 28 heavy (non-hydrogen) atoms. The number of non-ortho nitro benzene ring substituents is 1. The van der Waals surface area contributed by atoms with Crippen molar-refractivity contribution in [2.75, 3.05) is 38.3 Å². The van der Waals surface area contributed by atoms with Gasteiger partial charge in [-0.05, 0) is 36.6 Å². The van der Waals surface area contributed by atoms with E-state index in [1.807, 2.05) is 32.5 Å². The summed E-state index contributed by atoms with van der Waals surface area (Å²) in [6, 6.07) is 11.8. The molecule has 1 aromatic heterocycles. The van der Waals surface area contributed by atoms with Crippen LogP contribution in [0.25, 0.3) is 10.2 Å². The Labute approximate surface area is 171 Å². The number of rotatable bonds is 7. The molecule has 3 rings (SSSR count). The molecule has 0 fully saturated rings. The Kier molecular flexibility index (Phi) is 6.28. The fourth-order valence-electron chi connectivity index (χ4n) is 2.64. The van der Waals surface area contributed by atoms with E-state index in [9.17, 15) is 14.9 Å². The highest BCUT2D eigenvalue weighted by molar-refractivity contribution is 7.98. The highest BCUT2D eigenvalue weighted by Crippen LogP contribution is 2.32. The molecule has 0 aliphatic heterocycles. The largest absolute Gasteiger partial charge is 0.338 e. The lowest BCUT2D eigenvalue weighted by Gasteiger charge is -2.20. The van der Waals surface area contributed by atoms with Crippen LogP contribution in [0.15, 0.2) is 47.4 Å². The van der Waals surface area contributed by atoms with Crippen LogP contribution in [0.1, 0.15) is 10.4 Å². The zero-order valence-electron chi connectivity index (χ0n) is 15.8. The highest BCUT2D eigenvalue weighted by Gasteiger charge is 2.23. The summed E-state index contributed by atoms with van der Waals surface area (Å²) in [6.45, 7) is 1.26. The van der Waals surface area contributed by atoms with Crippen LogP contribution < -0.4 is 9.80 Å². The minimum atomic E-state index is -0.474. The van der Waals surface area contributed by atoms with Crippen LogP contribution >= 0.6 is 23.1 Å². The molecule has 9 heteroatoms. The zero-order chi connectivity index (χ0) is 20.3. The minimum absolute atomic E-state index is 0.0366. The lowest BCUT2D eigenvalue weighted by molar-refractivity contribution is -0.856. The molecular weight excluding hydrogens is 396 g/mol. The molecule has 3 aromatic rings. The van der Waals surface area contributed by atoms with Crippen molar-refractivity contribution < 1.29 is 14.6 Å². The van der Waals surface area contributed by atoms with Crippen LogP contribution in [0, 0.1) is 10.1 Å². The quantitative estimate of drug-likeness (QED) is 0.363. The van der Waals surface area contributed by atoms with Crippen LogP contribution in [0.3, 0.4) is 0 Å². The second-order valence-corrected chi connectivity index (χ2v) is 8.44. The van der Waals surface area contributed by atoms with Crippen molar-refractivity contribution in [3.63, 3.8) is 0 Å². The number of nitro benzene ring substituents is 1. The van der Waals surface area contributed by atoms with E-state index in [1.165, 1.54) is 40.5 Å². The average Bonchev–Trinajstić information content (AvgIpc) is 3.10. The molecule has 2 aromatic carbocycles. The van der Waals surface area contributed by atoms with Crippen LogP contribution in [-0.4, -0.2) is 49.3 Å². The number of hydrogen-bond donors (Lipinski definition) is 1. The Balaban J connectivity index is 1.95. The van der Waals surface area contributed by atoms with Gasteiger partial charge in [0, 0.05) is 22.6 Å². The normalized spacial score (nSPS) is 11.1. The lowest BCUT2D eigenvalue weighted by Crippen LogP contribution is -3.06. The number of carbonyl (C=O) groups excluding carboxylic acids is 1. The van der Waals surface area contributed by atoms with Crippen molar-refractivity contribution in [3.8, 4) is 0 Å². The van der Waals surface area contributed by atoms with E-state index in [0.717, 1.165) is 21.7 Å². The third kappa shape index (κ3) is 4.49. The van der Waals surface area contributed by atoms with Crippen LogP contribution in [0.2, 0.25) is 0 Å². The molecule has 1 heterocycles. The van der Waals surface area contributed by atoms with Gasteiger partial charge < -0.3 is 4.90 Å². The van der Waals surface area contributed by atoms with Crippen LogP contribution in [-0.2, 0) is 0 Å². The monoisotopic (exact) mass is 417 g/mol. The van der Waals surface area contributed by atoms with Crippen molar-refractivity contribution in [2.45, 2.75) is 4.90 Å². The van der Waals surface area contributed by atoms with E-state index in [-0.39, 0.29) is 11.6 Å². The summed E-state index contributed by atoms with van der Waals surface area (Å²) in [6.07, 6.45) is 2.02. The van der Waals surface area contributed by atoms with E-state index >= 15 is 0 Å². The number of benzene rings is 2. The van der Waals surface area contributed by atoms with Crippen LogP contribution in [0.4, 0.5) is 10.8 Å². The topological polar surface area (TPSA) is 80.8 Å². The fraction of sp³-hybridized carbons (Fsp3) is 0.263. The van der Waals surface area contributed by atoms with Gasteiger partial charge in [-0.3, -0.25) is 19.8 Å². The summed E-state index contributed by atoms with van der Waals surface area (Å²) in [7, 11) is 4.05. The molecule has 146 valence electrons. The molecule has 0 spiro atoms. The number of nitro groups is 1. The molecule has 0 bridgehead atoms. The summed E-state index contributed by atoms with van der Waals surface area (Å²) >= 11 is 3.14. The molecule has 0 aliphatic carbocycles. The van der Waals surface area contributed by atoms with E-state index in [0.29, 0.717) is 17.2 Å². The number of aromatic nitrogens is 1. The zero-order valence-corrected chi connectivity index (χ0v) is 17.5. The maximum absolute atomic E-state index is 13.1. The first kappa shape index (κ1) is 20.2.